The highest BCUT2D eigenvalue weighted by Gasteiger charge is 2.33. The van der Waals surface area contributed by atoms with Crippen molar-refractivity contribution in [2.24, 2.45) is 0 Å². The summed E-state index contributed by atoms with van der Waals surface area (Å²) >= 11 is 1.54. The molecule has 0 spiro atoms. The van der Waals surface area contributed by atoms with Gasteiger partial charge in [-0.25, -0.2) is 4.79 Å². The maximum atomic E-state index is 12.7. The highest BCUT2D eigenvalue weighted by Crippen LogP contribution is 2.39. The SMILES string of the molecule is O=C(Nc1ccccc1)N1CCS[C@@H]1c1ccc(C(F)(F)F)cc1. The number of anilines is 1. The van der Waals surface area contributed by atoms with E-state index < -0.39 is 11.7 Å². The second kappa shape index (κ2) is 6.76. The van der Waals surface area contributed by atoms with E-state index in [0.717, 1.165) is 17.9 Å². The first-order valence-electron chi connectivity index (χ1n) is 7.36. The lowest BCUT2D eigenvalue weighted by Gasteiger charge is -2.24. The molecule has 0 unspecified atom stereocenters. The number of carbonyl (C=O) groups is 1. The molecule has 1 fully saturated rings. The number of nitrogens with one attached hydrogen (secondary N) is 1. The summed E-state index contributed by atoms with van der Waals surface area (Å²) in [5.74, 6) is 0.744. The minimum absolute atomic E-state index is 0.254. The van der Waals surface area contributed by atoms with Crippen molar-refractivity contribution in [3.05, 3.63) is 65.7 Å². The number of hydrogen-bond donors (Lipinski definition) is 1. The van der Waals surface area contributed by atoms with Crippen molar-refractivity contribution in [2.75, 3.05) is 17.6 Å². The van der Waals surface area contributed by atoms with E-state index in [9.17, 15) is 18.0 Å². The molecule has 2 amide bonds. The fourth-order valence-electron chi connectivity index (χ4n) is 2.51. The molecule has 0 bridgehead atoms. The third-order valence-corrected chi connectivity index (χ3v) is 4.96. The molecule has 0 aliphatic carbocycles. The second-order valence-electron chi connectivity index (χ2n) is 5.33. The Morgan fingerprint density at radius 2 is 1.75 bits per heavy atom. The normalized spacial score (nSPS) is 17.8. The zero-order valence-corrected chi connectivity index (χ0v) is 13.4. The van der Waals surface area contributed by atoms with Crippen molar-refractivity contribution in [1.82, 2.24) is 4.90 Å². The Balaban J connectivity index is 1.74. The molecule has 0 radical (unpaired) electrons. The van der Waals surface area contributed by atoms with Crippen LogP contribution in [0, 0.1) is 0 Å². The maximum Gasteiger partial charge on any atom is 0.416 e. The zero-order chi connectivity index (χ0) is 17.2. The molecule has 1 saturated heterocycles. The van der Waals surface area contributed by atoms with Gasteiger partial charge in [0.1, 0.15) is 5.37 Å². The minimum atomic E-state index is -4.36. The predicted octanol–water partition coefficient (Wildman–Crippen LogP) is 4.98. The van der Waals surface area contributed by atoms with E-state index in [1.807, 2.05) is 18.2 Å². The first-order chi connectivity index (χ1) is 11.4. The van der Waals surface area contributed by atoms with E-state index in [-0.39, 0.29) is 11.4 Å². The molecule has 2 aromatic rings. The van der Waals surface area contributed by atoms with Crippen molar-refractivity contribution < 1.29 is 18.0 Å². The van der Waals surface area contributed by atoms with Crippen molar-refractivity contribution in [3.63, 3.8) is 0 Å². The maximum absolute atomic E-state index is 12.7. The largest absolute Gasteiger partial charge is 0.416 e. The van der Waals surface area contributed by atoms with E-state index in [2.05, 4.69) is 5.32 Å². The van der Waals surface area contributed by atoms with Crippen molar-refractivity contribution in [3.8, 4) is 0 Å². The lowest BCUT2D eigenvalue weighted by molar-refractivity contribution is -0.137. The van der Waals surface area contributed by atoms with Gasteiger partial charge in [0.15, 0.2) is 0 Å². The van der Waals surface area contributed by atoms with E-state index in [0.29, 0.717) is 17.8 Å². The Bertz CT molecular complexity index is 704. The lowest BCUT2D eigenvalue weighted by atomic mass is 10.1. The summed E-state index contributed by atoms with van der Waals surface area (Å²) < 4.78 is 38.0. The summed E-state index contributed by atoms with van der Waals surface area (Å²) in [7, 11) is 0. The van der Waals surface area contributed by atoms with Crippen LogP contribution >= 0.6 is 11.8 Å². The first kappa shape index (κ1) is 16.7. The number of halogens is 3. The Morgan fingerprint density at radius 3 is 2.38 bits per heavy atom. The van der Waals surface area contributed by atoms with Gasteiger partial charge in [-0.15, -0.1) is 11.8 Å². The minimum Gasteiger partial charge on any atom is -0.308 e. The smallest absolute Gasteiger partial charge is 0.308 e. The summed E-state index contributed by atoms with van der Waals surface area (Å²) in [6.07, 6.45) is -4.36. The average Bonchev–Trinajstić information content (AvgIpc) is 3.05. The Morgan fingerprint density at radius 1 is 1.08 bits per heavy atom. The van der Waals surface area contributed by atoms with E-state index in [1.165, 1.54) is 23.9 Å². The van der Waals surface area contributed by atoms with E-state index in [4.69, 9.17) is 0 Å². The molecular formula is C17H15F3N2OS. The number of amides is 2. The van der Waals surface area contributed by atoms with Crippen LogP contribution in [-0.2, 0) is 6.18 Å². The Labute approximate surface area is 141 Å². The van der Waals surface area contributed by atoms with Gasteiger partial charge in [-0.05, 0) is 29.8 Å². The van der Waals surface area contributed by atoms with Gasteiger partial charge in [-0.2, -0.15) is 13.2 Å². The van der Waals surface area contributed by atoms with Crippen molar-refractivity contribution in [1.29, 1.82) is 0 Å². The predicted molar refractivity (Wildman–Crippen MR) is 88.8 cm³/mol. The topological polar surface area (TPSA) is 32.3 Å². The quantitative estimate of drug-likeness (QED) is 0.826. The third kappa shape index (κ3) is 3.67. The number of alkyl halides is 3. The zero-order valence-electron chi connectivity index (χ0n) is 12.6. The van der Waals surface area contributed by atoms with Gasteiger partial charge in [-0.1, -0.05) is 30.3 Å². The molecule has 0 aromatic heterocycles. The van der Waals surface area contributed by atoms with Gasteiger partial charge < -0.3 is 10.2 Å². The molecular weight excluding hydrogens is 337 g/mol. The fraction of sp³-hybridized carbons (Fsp3) is 0.235. The van der Waals surface area contributed by atoms with Crippen LogP contribution < -0.4 is 5.32 Å². The van der Waals surface area contributed by atoms with Gasteiger partial charge in [0, 0.05) is 18.0 Å². The molecule has 1 heterocycles. The summed E-state index contributed by atoms with van der Waals surface area (Å²) in [6, 6.07) is 13.8. The molecule has 1 aliphatic rings. The number of nitrogens with zero attached hydrogens (tertiary/aromatic N) is 1. The molecule has 3 nitrogen and oxygen atoms in total. The molecule has 24 heavy (non-hydrogen) atoms. The summed E-state index contributed by atoms with van der Waals surface area (Å²) in [5.41, 5.74) is 0.689. The number of thioether (sulfide) groups is 1. The van der Waals surface area contributed by atoms with Gasteiger partial charge in [-0.3, -0.25) is 0 Å². The average molecular weight is 352 g/mol. The van der Waals surface area contributed by atoms with Crippen LogP contribution in [0.3, 0.4) is 0 Å². The third-order valence-electron chi connectivity index (χ3n) is 3.70. The lowest BCUT2D eigenvalue weighted by Crippen LogP contribution is -2.34. The monoisotopic (exact) mass is 352 g/mol. The molecule has 7 heteroatoms. The molecule has 126 valence electrons. The molecule has 1 aliphatic heterocycles. The number of urea groups is 1. The number of benzene rings is 2. The Hall–Kier alpha value is -2.15. The van der Waals surface area contributed by atoms with Gasteiger partial charge in [0.25, 0.3) is 0 Å². The van der Waals surface area contributed by atoms with E-state index >= 15 is 0 Å². The highest BCUT2D eigenvalue weighted by molar-refractivity contribution is 7.99. The molecule has 0 saturated carbocycles. The van der Waals surface area contributed by atoms with Gasteiger partial charge in [0.2, 0.25) is 0 Å². The molecule has 3 rings (SSSR count). The fourth-order valence-corrected chi connectivity index (χ4v) is 3.76. The molecule has 1 atom stereocenters. The molecule has 2 aromatic carbocycles. The first-order valence-corrected chi connectivity index (χ1v) is 8.41. The van der Waals surface area contributed by atoms with Crippen LogP contribution in [0.1, 0.15) is 16.5 Å². The van der Waals surface area contributed by atoms with E-state index in [1.54, 1.807) is 17.0 Å². The highest BCUT2D eigenvalue weighted by atomic mass is 32.2. The van der Waals surface area contributed by atoms with Gasteiger partial charge >= 0.3 is 12.2 Å². The number of para-hydroxylation sites is 1. The van der Waals surface area contributed by atoms with Gasteiger partial charge in [0.05, 0.1) is 5.56 Å². The van der Waals surface area contributed by atoms with Crippen LogP contribution in [0.15, 0.2) is 54.6 Å². The van der Waals surface area contributed by atoms with Crippen LogP contribution in [0.2, 0.25) is 0 Å². The number of rotatable bonds is 2. The van der Waals surface area contributed by atoms with Crippen LogP contribution in [-0.4, -0.2) is 23.2 Å². The summed E-state index contributed by atoms with van der Waals surface area (Å²) in [4.78, 5) is 14.1. The van der Waals surface area contributed by atoms with Crippen LogP contribution in [0.25, 0.3) is 0 Å². The van der Waals surface area contributed by atoms with Crippen molar-refractivity contribution >= 4 is 23.5 Å². The second-order valence-corrected chi connectivity index (χ2v) is 6.52. The van der Waals surface area contributed by atoms with Crippen LogP contribution in [0.4, 0.5) is 23.7 Å². The molecule has 1 N–H and O–H groups in total. The van der Waals surface area contributed by atoms with Crippen molar-refractivity contribution in [2.45, 2.75) is 11.6 Å². The summed E-state index contributed by atoms with van der Waals surface area (Å²) in [6.45, 7) is 0.551. The Kier molecular flexibility index (Phi) is 4.71. The summed E-state index contributed by atoms with van der Waals surface area (Å²) in [5, 5.41) is 2.53. The number of hydrogen-bond acceptors (Lipinski definition) is 2. The number of carbonyl (C=O) groups excluding carboxylic acids is 1. The van der Waals surface area contributed by atoms with Crippen LogP contribution in [0.5, 0.6) is 0 Å². The standard InChI is InChI=1S/C17H15F3N2OS/c18-17(19,20)13-8-6-12(7-9-13)15-22(10-11-24-15)16(23)21-14-4-2-1-3-5-14/h1-9,15H,10-11H2,(H,21,23)/t15-/m1/s1.